The quantitative estimate of drug-likeness (QED) is 0.127. The molecule has 0 aliphatic heterocycles. The molecule has 0 bridgehead atoms. The molecule has 0 atom stereocenters. The van der Waals surface area contributed by atoms with Crippen molar-refractivity contribution in [3.05, 3.63) is 231 Å². The molecule has 15 aromatic carbocycles. The van der Waals surface area contributed by atoms with Crippen molar-refractivity contribution in [1.82, 2.24) is 0 Å². The number of benzene rings is 15. The van der Waals surface area contributed by atoms with Crippen LogP contribution in [0.1, 0.15) is 0 Å². The Morgan fingerprint density at radius 1 is 0.203 bits per heavy atom. The maximum absolute atomic E-state index is 6.89. The summed E-state index contributed by atoms with van der Waals surface area (Å²) in [5.74, 6) is 0. The first-order valence-electron chi connectivity index (χ1n) is 24.0. The summed E-state index contributed by atoms with van der Waals surface area (Å²) >= 11 is 0. The Labute approximate surface area is 396 Å². The maximum Gasteiger partial charge on any atom is 0.143 e. The lowest BCUT2D eigenvalue weighted by Gasteiger charge is -2.22. The van der Waals surface area contributed by atoms with Crippen molar-refractivity contribution in [1.29, 1.82) is 0 Å². The van der Waals surface area contributed by atoms with Gasteiger partial charge in [0.15, 0.2) is 0 Å². The summed E-state index contributed by atoms with van der Waals surface area (Å²) in [6.07, 6.45) is 0. The molecule has 0 aliphatic carbocycles. The van der Waals surface area contributed by atoms with Gasteiger partial charge in [-0.2, -0.15) is 0 Å². The molecule has 1 aromatic heterocycles. The van der Waals surface area contributed by atoms with Crippen LogP contribution >= 0.6 is 0 Å². The molecule has 1 heterocycles. The third-order valence-electron chi connectivity index (χ3n) is 15.5. The monoisotopic (exact) mass is 870 g/mol. The number of hydrogen-bond acceptors (Lipinski definition) is 1. The summed E-state index contributed by atoms with van der Waals surface area (Å²) in [5.41, 5.74) is 9.29. The standard InChI is InChI=1S/C68H38O/c1-2-19-45-43(17-1)44-18-3-4-20-46(44)58-37-41(33-35-47(45)58)61-48-21-5-9-25-52(48)65(53-26-10-6-22-49(53)61)66-54-27-11-7-23-50(54)62(51-24-8-12-28-55(51)66)42-34-36-60-59(38-42)67-56-29-13-15-39-31-32-40-16-14-30-57(68(67)69-60)64(40)63(39)56/h1-38H. The van der Waals surface area contributed by atoms with E-state index in [9.17, 15) is 0 Å². The molecule has 1 nitrogen and oxygen atoms in total. The van der Waals surface area contributed by atoms with Gasteiger partial charge in [-0.25, -0.2) is 0 Å². The molecule has 0 N–H and O–H groups in total. The Morgan fingerprint density at radius 3 is 1.03 bits per heavy atom. The highest BCUT2D eigenvalue weighted by Crippen LogP contribution is 2.52. The van der Waals surface area contributed by atoms with Gasteiger partial charge in [0.1, 0.15) is 11.2 Å². The van der Waals surface area contributed by atoms with E-state index in [2.05, 4.69) is 231 Å². The molecule has 0 spiro atoms. The zero-order valence-corrected chi connectivity index (χ0v) is 37.3. The number of fused-ring (bicyclic) bond motifs is 15. The van der Waals surface area contributed by atoms with Crippen molar-refractivity contribution in [2.24, 2.45) is 0 Å². The minimum Gasteiger partial charge on any atom is -0.455 e. The summed E-state index contributed by atoms with van der Waals surface area (Å²) in [5, 5.41) is 27.4. The molecule has 0 radical (unpaired) electrons. The van der Waals surface area contributed by atoms with Crippen LogP contribution in [0.4, 0.5) is 0 Å². The molecular weight excluding hydrogens is 833 g/mol. The molecule has 0 saturated carbocycles. The zero-order valence-electron chi connectivity index (χ0n) is 37.3. The minimum absolute atomic E-state index is 0.904. The van der Waals surface area contributed by atoms with Gasteiger partial charge in [0.2, 0.25) is 0 Å². The molecular formula is C68H38O. The van der Waals surface area contributed by atoms with Gasteiger partial charge in [-0.15, -0.1) is 0 Å². The van der Waals surface area contributed by atoms with E-state index in [0.717, 1.165) is 21.9 Å². The van der Waals surface area contributed by atoms with Gasteiger partial charge in [-0.05, 0) is 149 Å². The van der Waals surface area contributed by atoms with Crippen LogP contribution in [-0.2, 0) is 0 Å². The molecule has 16 aromatic rings. The first-order valence-corrected chi connectivity index (χ1v) is 24.0. The zero-order chi connectivity index (χ0) is 44.9. The van der Waals surface area contributed by atoms with E-state index in [1.54, 1.807) is 0 Å². The van der Waals surface area contributed by atoms with Crippen LogP contribution in [0, 0.1) is 0 Å². The minimum atomic E-state index is 0.904. The lowest BCUT2D eigenvalue weighted by molar-refractivity contribution is 0.673. The summed E-state index contributed by atoms with van der Waals surface area (Å²) < 4.78 is 6.89. The van der Waals surface area contributed by atoms with E-state index >= 15 is 0 Å². The summed E-state index contributed by atoms with van der Waals surface area (Å²) in [6.45, 7) is 0. The van der Waals surface area contributed by atoms with Gasteiger partial charge in [0.05, 0.1) is 0 Å². The second-order valence-electron chi connectivity index (χ2n) is 18.9. The lowest BCUT2D eigenvalue weighted by Crippen LogP contribution is -1.95. The van der Waals surface area contributed by atoms with Crippen molar-refractivity contribution in [3.63, 3.8) is 0 Å². The molecule has 0 fully saturated rings. The fourth-order valence-electron chi connectivity index (χ4n) is 12.7. The summed E-state index contributed by atoms with van der Waals surface area (Å²) in [7, 11) is 0. The van der Waals surface area contributed by atoms with E-state index in [4.69, 9.17) is 4.42 Å². The van der Waals surface area contributed by atoms with Crippen LogP contribution in [0.3, 0.4) is 0 Å². The highest BCUT2D eigenvalue weighted by Gasteiger charge is 2.24. The second kappa shape index (κ2) is 13.8. The fraction of sp³-hybridized carbons (Fsp3) is 0. The van der Waals surface area contributed by atoms with Gasteiger partial charge in [0, 0.05) is 21.5 Å². The molecule has 16 rings (SSSR count). The predicted octanol–water partition coefficient (Wildman–Crippen LogP) is 19.6. The Kier molecular flexibility index (Phi) is 7.40. The first kappa shape index (κ1) is 37.1. The Morgan fingerprint density at radius 2 is 0.551 bits per heavy atom. The maximum atomic E-state index is 6.89. The van der Waals surface area contributed by atoms with Crippen LogP contribution in [0.25, 0.3) is 163 Å². The highest BCUT2D eigenvalue weighted by molar-refractivity contribution is 6.37. The summed E-state index contributed by atoms with van der Waals surface area (Å²) in [6, 6.07) is 85.9. The first-order chi connectivity index (χ1) is 34.3. The molecule has 1 heteroatoms. The normalized spacial score (nSPS) is 12.3. The highest BCUT2D eigenvalue weighted by atomic mass is 16.3. The SMILES string of the molecule is c1ccc2c(-c3c4ccccc4c(-c4ccc5oc6c7cccc8ccc9cccc(c6c5c4)c9c87)c4ccccc34)c3ccccc3c(-c3ccc4c5ccccc5c5ccccc5c4c3)c2c1. The van der Waals surface area contributed by atoms with Gasteiger partial charge in [0.25, 0.3) is 0 Å². The molecule has 0 saturated heterocycles. The van der Waals surface area contributed by atoms with Crippen LogP contribution in [0.2, 0.25) is 0 Å². The molecule has 69 heavy (non-hydrogen) atoms. The van der Waals surface area contributed by atoms with Crippen molar-refractivity contribution in [2.45, 2.75) is 0 Å². The third kappa shape index (κ3) is 4.98. The van der Waals surface area contributed by atoms with Crippen molar-refractivity contribution in [2.75, 3.05) is 0 Å². The second-order valence-corrected chi connectivity index (χ2v) is 18.9. The number of hydrogen-bond donors (Lipinski definition) is 0. The van der Waals surface area contributed by atoms with Crippen molar-refractivity contribution in [3.8, 4) is 33.4 Å². The van der Waals surface area contributed by atoms with Gasteiger partial charge < -0.3 is 4.42 Å². The van der Waals surface area contributed by atoms with E-state index in [1.807, 2.05) is 0 Å². The van der Waals surface area contributed by atoms with Crippen LogP contribution < -0.4 is 0 Å². The van der Waals surface area contributed by atoms with Gasteiger partial charge in [-0.3, -0.25) is 0 Å². The van der Waals surface area contributed by atoms with Crippen LogP contribution in [0.5, 0.6) is 0 Å². The van der Waals surface area contributed by atoms with E-state index in [-0.39, 0.29) is 0 Å². The van der Waals surface area contributed by atoms with E-state index in [1.165, 1.54) is 141 Å². The smallest absolute Gasteiger partial charge is 0.143 e. The van der Waals surface area contributed by atoms with Crippen LogP contribution in [-0.4, -0.2) is 0 Å². The average molecular weight is 871 g/mol. The fourth-order valence-corrected chi connectivity index (χ4v) is 12.7. The van der Waals surface area contributed by atoms with Crippen LogP contribution in [0.15, 0.2) is 235 Å². The third-order valence-corrected chi connectivity index (χ3v) is 15.5. The average Bonchev–Trinajstić information content (AvgIpc) is 3.81. The van der Waals surface area contributed by atoms with E-state index < -0.39 is 0 Å². The topological polar surface area (TPSA) is 13.1 Å². The van der Waals surface area contributed by atoms with Crippen molar-refractivity contribution >= 4 is 130 Å². The van der Waals surface area contributed by atoms with Gasteiger partial charge in [-0.1, -0.05) is 212 Å². The van der Waals surface area contributed by atoms with E-state index in [0.29, 0.717) is 0 Å². The lowest BCUT2D eigenvalue weighted by atomic mass is 9.80. The predicted molar refractivity (Wildman–Crippen MR) is 296 cm³/mol. The molecule has 0 unspecified atom stereocenters. The Balaban J connectivity index is 0.979. The number of rotatable bonds is 3. The summed E-state index contributed by atoms with van der Waals surface area (Å²) in [4.78, 5) is 0. The largest absolute Gasteiger partial charge is 0.455 e. The van der Waals surface area contributed by atoms with Gasteiger partial charge >= 0.3 is 0 Å². The molecule has 0 amide bonds. The Hall–Kier alpha value is -9.04. The molecule has 0 aliphatic rings. The van der Waals surface area contributed by atoms with Crippen molar-refractivity contribution < 1.29 is 4.42 Å². The Bertz CT molecular complexity index is 4750. The molecule has 316 valence electrons. The number of furan rings is 1.